The molecule has 1 saturated carbocycles. The molecule has 0 aromatic heterocycles. The van der Waals surface area contributed by atoms with E-state index in [1.54, 1.807) is 0 Å². The van der Waals surface area contributed by atoms with Gasteiger partial charge in [0.05, 0.1) is 0 Å². The fraction of sp³-hybridized carbons (Fsp3) is 0.562. The Morgan fingerprint density at radius 3 is 2.76 bits per heavy atom. The van der Waals surface area contributed by atoms with Gasteiger partial charge < -0.3 is 0 Å². The quantitative estimate of drug-likeness (QED) is 0.769. The molecule has 1 aromatic carbocycles. The van der Waals surface area contributed by atoms with Crippen LogP contribution in [0, 0.1) is 18.3 Å². The van der Waals surface area contributed by atoms with Crippen LogP contribution >= 0.6 is 0 Å². The Morgan fingerprint density at radius 1 is 1.41 bits per heavy atom. The Balaban J connectivity index is 2.07. The number of aryl methyl sites for hydroxylation is 1. The second kappa shape index (κ2) is 4.64. The lowest BCUT2D eigenvalue weighted by molar-refractivity contribution is -0.124. The van der Waals surface area contributed by atoms with Gasteiger partial charge in [-0.25, -0.2) is 0 Å². The van der Waals surface area contributed by atoms with Crippen molar-refractivity contribution in [3.8, 4) is 0 Å². The molecular weight excluding hydrogens is 208 g/mol. The molecule has 0 amide bonds. The molecule has 0 aliphatic heterocycles. The second-order valence-corrected chi connectivity index (χ2v) is 6.07. The first-order valence-corrected chi connectivity index (χ1v) is 6.57. The van der Waals surface area contributed by atoms with Crippen LogP contribution in [-0.4, -0.2) is 5.78 Å². The van der Waals surface area contributed by atoms with E-state index < -0.39 is 0 Å². The minimum atomic E-state index is 0.209. The van der Waals surface area contributed by atoms with E-state index in [1.165, 1.54) is 18.4 Å². The summed E-state index contributed by atoms with van der Waals surface area (Å²) < 4.78 is 0. The summed E-state index contributed by atoms with van der Waals surface area (Å²) in [5.41, 5.74) is 2.61. The van der Waals surface area contributed by atoms with Crippen molar-refractivity contribution in [1.29, 1.82) is 0 Å². The van der Waals surface area contributed by atoms with E-state index in [4.69, 9.17) is 0 Å². The molecule has 1 atom stereocenters. The molecule has 1 heteroatoms. The van der Waals surface area contributed by atoms with Gasteiger partial charge >= 0.3 is 0 Å². The van der Waals surface area contributed by atoms with Crippen molar-refractivity contribution in [1.82, 2.24) is 0 Å². The van der Waals surface area contributed by atoms with Crippen molar-refractivity contribution in [2.24, 2.45) is 11.3 Å². The summed E-state index contributed by atoms with van der Waals surface area (Å²) in [6.07, 6.45) is 4.09. The lowest BCUT2D eigenvalue weighted by atomic mass is 9.78. The van der Waals surface area contributed by atoms with E-state index in [9.17, 15) is 4.79 Å². The zero-order valence-corrected chi connectivity index (χ0v) is 11.1. The van der Waals surface area contributed by atoms with Crippen LogP contribution in [0.2, 0.25) is 0 Å². The first-order valence-electron chi connectivity index (χ1n) is 6.57. The average molecular weight is 230 g/mol. The maximum atomic E-state index is 12.3. The predicted octanol–water partition coefficient (Wildman–Crippen LogP) is 3.93. The van der Waals surface area contributed by atoms with Gasteiger partial charge in [0.15, 0.2) is 0 Å². The monoisotopic (exact) mass is 230 g/mol. The molecule has 17 heavy (non-hydrogen) atoms. The van der Waals surface area contributed by atoms with E-state index >= 15 is 0 Å². The van der Waals surface area contributed by atoms with Crippen molar-refractivity contribution in [3.05, 3.63) is 35.4 Å². The van der Waals surface area contributed by atoms with Gasteiger partial charge in [-0.2, -0.15) is 0 Å². The summed E-state index contributed by atoms with van der Waals surface area (Å²) >= 11 is 0. The number of rotatable bonds is 3. The maximum absolute atomic E-state index is 12.3. The Morgan fingerprint density at radius 2 is 2.18 bits per heavy atom. The topological polar surface area (TPSA) is 17.1 Å². The van der Waals surface area contributed by atoms with Gasteiger partial charge in [0.1, 0.15) is 5.78 Å². The third kappa shape index (κ3) is 2.77. The van der Waals surface area contributed by atoms with E-state index in [0.717, 1.165) is 12.0 Å². The number of hydrogen-bond donors (Lipinski definition) is 0. The standard InChI is InChI=1S/C16H22O/c1-12-6-4-7-13(10-12)11-15(17)14-8-5-9-16(14,2)3/h4,6-7,10,14H,5,8-9,11H2,1-3H3. The molecule has 1 aliphatic carbocycles. The van der Waals surface area contributed by atoms with E-state index in [1.807, 2.05) is 6.07 Å². The van der Waals surface area contributed by atoms with Gasteiger partial charge in [-0.1, -0.05) is 50.1 Å². The molecule has 0 radical (unpaired) electrons. The summed E-state index contributed by atoms with van der Waals surface area (Å²) in [4.78, 5) is 12.3. The minimum absolute atomic E-state index is 0.209. The number of carbonyl (C=O) groups excluding carboxylic acids is 1. The van der Waals surface area contributed by atoms with E-state index in [0.29, 0.717) is 12.2 Å². The van der Waals surface area contributed by atoms with Crippen LogP contribution < -0.4 is 0 Å². The fourth-order valence-corrected chi connectivity index (χ4v) is 3.07. The fourth-order valence-electron chi connectivity index (χ4n) is 3.07. The SMILES string of the molecule is Cc1cccc(CC(=O)C2CCCC2(C)C)c1. The third-order valence-corrected chi connectivity index (χ3v) is 4.11. The molecule has 1 unspecified atom stereocenters. The van der Waals surface area contributed by atoms with Gasteiger partial charge in [0, 0.05) is 12.3 Å². The third-order valence-electron chi connectivity index (χ3n) is 4.11. The van der Waals surface area contributed by atoms with E-state index in [-0.39, 0.29) is 11.3 Å². The number of carbonyl (C=O) groups is 1. The van der Waals surface area contributed by atoms with Crippen LogP contribution in [0.25, 0.3) is 0 Å². The van der Waals surface area contributed by atoms with Crippen LogP contribution in [0.3, 0.4) is 0 Å². The van der Waals surface area contributed by atoms with Crippen molar-refractivity contribution < 1.29 is 4.79 Å². The number of ketones is 1. The summed E-state index contributed by atoms with van der Waals surface area (Å²) in [5, 5.41) is 0. The molecule has 1 aromatic rings. The highest BCUT2D eigenvalue weighted by atomic mass is 16.1. The Hall–Kier alpha value is -1.11. The van der Waals surface area contributed by atoms with Gasteiger partial charge in [-0.3, -0.25) is 4.79 Å². The predicted molar refractivity (Wildman–Crippen MR) is 71.0 cm³/mol. The Labute approximate surface area is 104 Å². The van der Waals surface area contributed by atoms with Gasteiger partial charge in [0.2, 0.25) is 0 Å². The van der Waals surface area contributed by atoms with Crippen LogP contribution in [0.5, 0.6) is 0 Å². The average Bonchev–Trinajstić information content (AvgIpc) is 2.58. The van der Waals surface area contributed by atoms with Crippen molar-refractivity contribution in [2.75, 3.05) is 0 Å². The Kier molecular flexibility index (Phi) is 3.37. The lowest BCUT2D eigenvalue weighted by Crippen LogP contribution is -2.27. The molecule has 2 rings (SSSR count). The van der Waals surface area contributed by atoms with Crippen molar-refractivity contribution >= 4 is 5.78 Å². The summed E-state index contributed by atoms with van der Waals surface area (Å²) in [6, 6.07) is 8.30. The second-order valence-electron chi connectivity index (χ2n) is 6.07. The van der Waals surface area contributed by atoms with Crippen LogP contribution in [0.4, 0.5) is 0 Å². The summed E-state index contributed by atoms with van der Waals surface area (Å²) in [6.45, 7) is 6.55. The zero-order valence-electron chi connectivity index (χ0n) is 11.1. The first kappa shape index (κ1) is 12.3. The first-order chi connectivity index (χ1) is 7.99. The normalized spacial score (nSPS) is 22.6. The molecule has 0 spiro atoms. The van der Waals surface area contributed by atoms with E-state index in [2.05, 4.69) is 39.0 Å². The highest BCUT2D eigenvalue weighted by molar-refractivity contribution is 5.84. The molecule has 92 valence electrons. The molecule has 1 nitrogen and oxygen atoms in total. The smallest absolute Gasteiger partial charge is 0.140 e. The van der Waals surface area contributed by atoms with Crippen LogP contribution in [0.15, 0.2) is 24.3 Å². The molecular formula is C16H22O. The molecule has 0 saturated heterocycles. The van der Waals surface area contributed by atoms with Gasteiger partial charge in [-0.15, -0.1) is 0 Å². The largest absolute Gasteiger partial charge is 0.299 e. The van der Waals surface area contributed by atoms with Crippen molar-refractivity contribution in [3.63, 3.8) is 0 Å². The molecule has 1 fully saturated rings. The van der Waals surface area contributed by atoms with Gasteiger partial charge in [0.25, 0.3) is 0 Å². The highest BCUT2D eigenvalue weighted by Crippen LogP contribution is 2.43. The minimum Gasteiger partial charge on any atom is -0.299 e. The number of hydrogen-bond acceptors (Lipinski definition) is 1. The summed E-state index contributed by atoms with van der Waals surface area (Å²) in [7, 11) is 0. The zero-order chi connectivity index (χ0) is 12.5. The molecule has 1 aliphatic rings. The lowest BCUT2D eigenvalue weighted by Gasteiger charge is -2.25. The van der Waals surface area contributed by atoms with Gasteiger partial charge in [-0.05, 0) is 30.7 Å². The van der Waals surface area contributed by atoms with Crippen LogP contribution in [-0.2, 0) is 11.2 Å². The number of Topliss-reactive ketones (excluding diaryl/α,β-unsaturated/α-hetero) is 1. The highest BCUT2D eigenvalue weighted by Gasteiger charge is 2.38. The molecule has 0 bridgehead atoms. The molecule has 0 N–H and O–H groups in total. The maximum Gasteiger partial charge on any atom is 0.140 e. The summed E-state index contributed by atoms with van der Waals surface area (Å²) in [5.74, 6) is 0.695. The van der Waals surface area contributed by atoms with Crippen molar-refractivity contribution in [2.45, 2.75) is 46.5 Å². The van der Waals surface area contributed by atoms with Crippen LogP contribution in [0.1, 0.15) is 44.2 Å². The number of benzene rings is 1. The molecule has 0 heterocycles. The Bertz CT molecular complexity index is 417.